The lowest BCUT2D eigenvalue weighted by Crippen LogP contribution is -2.49. The maximum atomic E-state index is 12.5. The van der Waals surface area contributed by atoms with E-state index in [1.165, 1.54) is 0 Å². The number of carbonyl (C=O) groups excluding carboxylic acids is 1. The molecule has 1 aliphatic rings. The fourth-order valence-electron chi connectivity index (χ4n) is 2.98. The van der Waals surface area contributed by atoms with Crippen LogP contribution in [0.5, 0.6) is 0 Å². The normalized spacial score (nSPS) is 15.1. The van der Waals surface area contributed by atoms with Gasteiger partial charge in [-0.3, -0.25) is 4.90 Å². The van der Waals surface area contributed by atoms with Crippen molar-refractivity contribution in [3.8, 4) is 0 Å². The third kappa shape index (κ3) is 7.06. The van der Waals surface area contributed by atoms with Crippen LogP contribution in [0.2, 0.25) is 0 Å². The Bertz CT molecular complexity index is 815. The summed E-state index contributed by atoms with van der Waals surface area (Å²) >= 11 is 0.650. The topological polar surface area (TPSA) is 73.4 Å². The molecule has 1 aliphatic heterocycles. The zero-order valence-electron chi connectivity index (χ0n) is 16.2. The van der Waals surface area contributed by atoms with E-state index in [0.717, 1.165) is 32.1 Å². The predicted molar refractivity (Wildman–Crippen MR) is 111 cm³/mol. The second kappa shape index (κ2) is 10.5. The lowest BCUT2D eigenvalue weighted by atomic mass is 10.3. The number of urea groups is 1. The van der Waals surface area contributed by atoms with Gasteiger partial charge in [0.1, 0.15) is 0 Å². The molecule has 0 saturated carbocycles. The summed E-state index contributed by atoms with van der Waals surface area (Å²) < 4.78 is 37.4. The fourth-order valence-corrected chi connectivity index (χ4v) is 3.74. The molecular formula is C19H23F3N6OS. The summed E-state index contributed by atoms with van der Waals surface area (Å²) in [6.45, 7) is 4.39. The molecule has 1 saturated heterocycles. The number of thioether (sulfide) groups is 1. The van der Waals surface area contributed by atoms with Gasteiger partial charge in [0, 0.05) is 56.6 Å². The second-order valence-corrected chi connectivity index (χ2v) is 7.68. The quantitative estimate of drug-likeness (QED) is 0.645. The summed E-state index contributed by atoms with van der Waals surface area (Å²) in [5.41, 5.74) is 0.362. The number of benzene rings is 1. The Hall–Kier alpha value is -2.53. The van der Waals surface area contributed by atoms with Crippen LogP contribution in [-0.4, -0.2) is 72.1 Å². The summed E-state index contributed by atoms with van der Waals surface area (Å²) in [5.74, 6) is -0.287. The molecule has 1 aromatic heterocycles. The number of anilines is 2. The molecule has 0 aliphatic carbocycles. The molecule has 2 heterocycles. The van der Waals surface area contributed by atoms with E-state index in [4.69, 9.17) is 0 Å². The van der Waals surface area contributed by atoms with Crippen molar-refractivity contribution in [2.24, 2.45) is 0 Å². The Balaban J connectivity index is 1.39. The summed E-state index contributed by atoms with van der Waals surface area (Å²) in [6, 6.07) is 7.80. The Kier molecular flexibility index (Phi) is 7.75. The van der Waals surface area contributed by atoms with Gasteiger partial charge in [-0.2, -0.15) is 13.2 Å². The Morgan fingerprint density at radius 2 is 1.77 bits per heavy atom. The van der Waals surface area contributed by atoms with Crippen LogP contribution in [-0.2, 0) is 0 Å². The maximum absolute atomic E-state index is 12.5. The minimum atomic E-state index is -4.27. The van der Waals surface area contributed by atoms with Crippen molar-refractivity contribution in [3.05, 3.63) is 42.7 Å². The zero-order valence-corrected chi connectivity index (χ0v) is 17.0. The molecule has 3 rings (SSSR count). The van der Waals surface area contributed by atoms with Crippen LogP contribution < -0.4 is 15.5 Å². The first kappa shape index (κ1) is 22.2. The number of aromatic nitrogens is 2. The first-order chi connectivity index (χ1) is 14.4. The molecule has 2 amide bonds. The van der Waals surface area contributed by atoms with Gasteiger partial charge in [-0.25, -0.2) is 14.8 Å². The Morgan fingerprint density at radius 1 is 1.07 bits per heavy atom. The molecule has 162 valence electrons. The SMILES string of the molecule is O=C(NCCN1CCN(c2ncccn2)CC1)Nc1ccccc1SCC(F)(F)F. The average molecular weight is 440 g/mol. The summed E-state index contributed by atoms with van der Waals surface area (Å²) in [4.78, 5) is 25.4. The monoisotopic (exact) mass is 440 g/mol. The average Bonchev–Trinajstić information content (AvgIpc) is 2.74. The van der Waals surface area contributed by atoms with Gasteiger partial charge < -0.3 is 15.5 Å². The third-order valence-electron chi connectivity index (χ3n) is 4.45. The van der Waals surface area contributed by atoms with Crippen LogP contribution >= 0.6 is 11.8 Å². The minimum Gasteiger partial charge on any atom is -0.338 e. The van der Waals surface area contributed by atoms with E-state index in [1.54, 1.807) is 42.7 Å². The molecule has 2 aromatic rings. The standard InChI is InChI=1S/C19H23F3N6OS/c20-19(21,22)14-30-16-5-2-1-4-15(16)26-18(29)25-8-9-27-10-12-28(13-11-27)17-23-6-3-7-24-17/h1-7H,8-14H2,(H2,25,26,29). The van der Waals surface area contributed by atoms with E-state index in [0.29, 0.717) is 35.4 Å². The summed E-state index contributed by atoms with van der Waals surface area (Å²) in [6.07, 6.45) is -0.829. The minimum absolute atomic E-state index is 0.362. The van der Waals surface area contributed by atoms with Crippen molar-refractivity contribution >= 4 is 29.4 Å². The molecule has 11 heteroatoms. The van der Waals surface area contributed by atoms with E-state index in [2.05, 4.69) is 30.4 Å². The van der Waals surface area contributed by atoms with Gasteiger partial charge in [0.25, 0.3) is 0 Å². The largest absolute Gasteiger partial charge is 0.398 e. The molecule has 7 nitrogen and oxygen atoms in total. The van der Waals surface area contributed by atoms with Crippen LogP contribution in [0.3, 0.4) is 0 Å². The number of rotatable bonds is 7. The van der Waals surface area contributed by atoms with Gasteiger partial charge in [0.15, 0.2) is 0 Å². The Labute approximate surface area is 177 Å². The molecular weight excluding hydrogens is 417 g/mol. The van der Waals surface area contributed by atoms with Gasteiger partial charge in [0.05, 0.1) is 11.4 Å². The first-order valence-corrected chi connectivity index (χ1v) is 10.5. The van der Waals surface area contributed by atoms with E-state index in [-0.39, 0.29) is 0 Å². The third-order valence-corrected chi connectivity index (χ3v) is 5.59. The van der Waals surface area contributed by atoms with Crippen molar-refractivity contribution in [2.75, 3.05) is 55.2 Å². The number of hydrogen-bond donors (Lipinski definition) is 2. The number of carbonyl (C=O) groups is 1. The lowest BCUT2D eigenvalue weighted by molar-refractivity contribution is -0.105. The van der Waals surface area contributed by atoms with Gasteiger partial charge in [-0.15, -0.1) is 11.8 Å². The van der Waals surface area contributed by atoms with Crippen molar-refractivity contribution in [1.29, 1.82) is 0 Å². The number of halogens is 3. The summed E-state index contributed by atoms with van der Waals surface area (Å²) in [7, 11) is 0. The summed E-state index contributed by atoms with van der Waals surface area (Å²) in [5, 5.41) is 5.39. The highest BCUT2D eigenvalue weighted by Crippen LogP contribution is 2.32. The van der Waals surface area contributed by atoms with Crippen molar-refractivity contribution in [2.45, 2.75) is 11.1 Å². The van der Waals surface area contributed by atoms with Gasteiger partial charge in [-0.1, -0.05) is 12.1 Å². The van der Waals surface area contributed by atoms with Crippen LogP contribution in [0.25, 0.3) is 0 Å². The highest BCUT2D eigenvalue weighted by Gasteiger charge is 2.27. The number of nitrogens with zero attached hydrogens (tertiary/aromatic N) is 4. The predicted octanol–water partition coefficient (Wildman–Crippen LogP) is 3.07. The maximum Gasteiger partial charge on any atom is 0.398 e. The Morgan fingerprint density at radius 3 is 2.47 bits per heavy atom. The van der Waals surface area contributed by atoms with E-state index in [9.17, 15) is 18.0 Å². The molecule has 0 bridgehead atoms. The smallest absolute Gasteiger partial charge is 0.338 e. The molecule has 0 spiro atoms. The van der Waals surface area contributed by atoms with Crippen molar-refractivity contribution in [3.63, 3.8) is 0 Å². The molecule has 30 heavy (non-hydrogen) atoms. The molecule has 0 radical (unpaired) electrons. The second-order valence-electron chi connectivity index (χ2n) is 6.66. The molecule has 1 aromatic carbocycles. The van der Waals surface area contributed by atoms with Crippen LogP contribution in [0.4, 0.5) is 29.6 Å². The highest BCUT2D eigenvalue weighted by atomic mass is 32.2. The zero-order chi connectivity index (χ0) is 21.4. The van der Waals surface area contributed by atoms with E-state index >= 15 is 0 Å². The van der Waals surface area contributed by atoms with Crippen LogP contribution in [0.15, 0.2) is 47.6 Å². The van der Waals surface area contributed by atoms with Crippen molar-refractivity contribution < 1.29 is 18.0 Å². The molecule has 0 unspecified atom stereocenters. The molecule has 0 atom stereocenters. The fraction of sp³-hybridized carbons (Fsp3) is 0.421. The highest BCUT2D eigenvalue weighted by molar-refractivity contribution is 7.99. The van der Waals surface area contributed by atoms with Gasteiger partial charge in [-0.05, 0) is 18.2 Å². The van der Waals surface area contributed by atoms with Gasteiger partial charge >= 0.3 is 12.2 Å². The lowest BCUT2D eigenvalue weighted by Gasteiger charge is -2.34. The van der Waals surface area contributed by atoms with E-state index < -0.39 is 18.0 Å². The molecule has 1 fully saturated rings. The van der Waals surface area contributed by atoms with Crippen LogP contribution in [0, 0.1) is 0 Å². The van der Waals surface area contributed by atoms with Crippen molar-refractivity contribution in [1.82, 2.24) is 20.2 Å². The number of hydrogen-bond acceptors (Lipinski definition) is 6. The number of amides is 2. The first-order valence-electron chi connectivity index (χ1n) is 9.48. The van der Waals surface area contributed by atoms with Crippen LogP contribution in [0.1, 0.15) is 0 Å². The van der Waals surface area contributed by atoms with E-state index in [1.807, 2.05) is 0 Å². The number of alkyl halides is 3. The molecule has 2 N–H and O–H groups in total. The number of para-hydroxylation sites is 1. The number of nitrogens with one attached hydrogen (secondary N) is 2. The number of piperazine rings is 1. The van der Waals surface area contributed by atoms with Gasteiger partial charge in [0.2, 0.25) is 5.95 Å².